The Labute approximate surface area is 110 Å². The van der Waals surface area contributed by atoms with E-state index in [9.17, 15) is 17.6 Å². The van der Waals surface area contributed by atoms with Crippen LogP contribution in [0.25, 0.3) is 5.69 Å². The maximum Gasteiger partial charge on any atom is 0.435 e. The lowest BCUT2D eigenvalue weighted by molar-refractivity contribution is -0.141. The first kappa shape index (κ1) is 13.5. The standard InChI is InChI=1S/C11H7F4N3S/c12-7-5-6(10(16)19)1-2-8(7)18-4-3-9(17-18)11(13,14)15/h1-5H,(H2,16,19). The molecule has 3 nitrogen and oxygen atoms in total. The van der Waals surface area contributed by atoms with Gasteiger partial charge < -0.3 is 5.73 Å². The maximum absolute atomic E-state index is 13.7. The molecule has 0 bridgehead atoms. The Hall–Kier alpha value is -1.96. The van der Waals surface area contributed by atoms with Crippen LogP contribution in [0.3, 0.4) is 0 Å². The second-order valence-corrected chi connectivity index (χ2v) is 4.11. The van der Waals surface area contributed by atoms with Crippen LogP contribution in [0.15, 0.2) is 30.5 Å². The molecular weight excluding hydrogens is 282 g/mol. The zero-order valence-electron chi connectivity index (χ0n) is 9.28. The van der Waals surface area contributed by atoms with Crippen LogP contribution >= 0.6 is 12.2 Å². The summed E-state index contributed by atoms with van der Waals surface area (Å²) in [7, 11) is 0. The molecule has 0 aliphatic heterocycles. The molecule has 0 unspecified atom stereocenters. The Morgan fingerprint density at radius 3 is 2.42 bits per heavy atom. The minimum Gasteiger partial charge on any atom is -0.389 e. The number of rotatable bonds is 2. The van der Waals surface area contributed by atoms with Crippen molar-refractivity contribution in [2.45, 2.75) is 6.18 Å². The van der Waals surface area contributed by atoms with Gasteiger partial charge in [-0.1, -0.05) is 12.2 Å². The van der Waals surface area contributed by atoms with Gasteiger partial charge >= 0.3 is 6.18 Å². The fourth-order valence-corrected chi connectivity index (χ4v) is 1.58. The van der Waals surface area contributed by atoms with E-state index >= 15 is 0 Å². The molecule has 0 fully saturated rings. The van der Waals surface area contributed by atoms with E-state index in [4.69, 9.17) is 5.73 Å². The number of thiocarbonyl (C=S) groups is 1. The predicted molar refractivity (Wildman–Crippen MR) is 64.4 cm³/mol. The number of hydrogen-bond acceptors (Lipinski definition) is 2. The normalized spacial score (nSPS) is 11.6. The highest BCUT2D eigenvalue weighted by atomic mass is 32.1. The van der Waals surface area contributed by atoms with E-state index in [0.29, 0.717) is 5.56 Å². The van der Waals surface area contributed by atoms with Crippen LogP contribution in [0.1, 0.15) is 11.3 Å². The van der Waals surface area contributed by atoms with Gasteiger partial charge in [-0.25, -0.2) is 9.07 Å². The van der Waals surface area contributed by atoms with Crippen molar-refractivity contribution in [3.05, 3.63) is 47.5 Å². The summed E-state index contributed by atoms with van der Waals surface area (Å²) >= 11 is 4.67. The zero-order valence-corrected chi connectivity index (χ0v) is 10.1. The van der Waals surface area contributed by atoms with Crippen LogP contribution < -0.4 is 5.73 Å². The van der Waals surface area contributed by atoms with Crippen molar-refractivity contribution >= 4 is 17.2 Å². The number of nitrogens with zero attached hydrogens (tertiary/aromatic N) is 2. The summed E-state index contributed by atoms with van der Waals surface area (Å²) in [4.78, 5) is 0.00176. The second kappa shape index (κ2) is 4.61. The van der Waals surface area contributed by atoms with E-state index < -0.39 is 17.7 Å². The number of nitrogens with two attached hydrogens (primary N) is 1. The molecule has 2 rings (SSSR count). The number of alkyl halides is 3. The van der Waals surface area contributed by atoms with E-state index in [1.807, 2.05) is 0 Å². The SMILES string of the molecule is NC(=S)c1ccc(-n2ccc(C(F)(F)F)n2)c(F)c1. The summed E-state index contributed by atoms with van der Waals surface area (Å²) in [6.45, 7) is 0. The Morgan fingerprint density at radius 1 is 1.26 bits per heavy atom. The first-order valence-electron chi connectivity index (χ1n) is 5.01. The fourth-order valence-electron chi connectivity index (χ4n) is 1.46. The van der Waals surface area contributed by atoms with Gasteiger partial charge in [0.15, 0.2) is 5.69 Å². The summed E-state index contributed by atoms with van der Waals surface area (Å²) < 4.78 is 51.7. The maximum atomic E-state index is 13.7. The lowest BCUT2D eigenvalue weighted by Gasteiger charge is -2.06. The van der Waals surface area contributed by atoms with E-state index in [1.165, 1.54) is 12.1 Å². The van der Waals surface area contributed by atoms with E-state index in [-0.39, 0.29) is 10.7 Å². The van der Waals surface area contributed by atoms with Crippen molar-refractivity contribution in [2.24, 2.45) is 5.73 Å². The quantitative estimate of drug-likeness (QED) is 0.683. The van der Waals surface area contributed by atoms with Crippen LogP contribution in [-0.2, 0) is 6.18 Å². The molecule has 0 spiro atoms. The molecule has 0 saturated heterocycles. The molecule has 1 heterocycles. The molecule has 0 aliphatic rings. The average molecular weight is 289 g/mol. The van der Waals surface area contributed by atoms with Crippen molar-refractivity contribution in [2.75, 3.05) is 0 Å². The summed E-state index contributed by atoms with van der Waals surface area (Å²) in [5.74, 6) is -0.762. The molecule has 0 radical (unpaired) electrons. The van der Waals surface area contributed by atoms with Crippen LogP contribution in [-0.4, -0.2) is 14.8 Å². The van der Waals surface area contributed by atoms with E-state index in [0.717, 1.165) is 23.0 Å². The highest BCUT2D eigenvalue weighted by Crippen LogP contribution is 2.28. The first-order valence-corrected chi connectivity index (χ1v) is 5.42. The molecule has 19 heavy (non-hydrogen) atoms. The van der Waals surface area contributed by atoms with Gasteiger partial charge in [0.25, 0.3) is 0 Å². The second-order valence-electron chi connectivity index (χ2n) is 3.67. The lowest BCUT2D eigenvalue weighted by atomic mass is 10.2. The predicted octanol–water partition coefficient (Wildman–Crippen LogP) is 2.66. The summed E-state index contributed by atoms with van der Waals surface area (Å²) in [5, 5.41) is 3.27. The van der Waals surface area contributed by atoms with Crippen molar-refractivity contribution in [3.63, 3.8) is 0 Å². The minimum atomic E-state index is -4.57. The monoisotopic (exact) mass is 289 g/mol. The third-order valence-electron chi connectivity index (χ3n) is 2.36. The van der Waals surface area contributed by atoms with Gasteiger partial charge in [-0.3, -0.25) is 0 Å². The third-order valence-corrected chi connectivity index (χ3v) is 2.59. The summed E-state index contributed by atoms with van der Waals surface area (Å²) in [6, 6.07) is 4.49. The molecule has 0 amide bonds. The van der Waals surface area contributed by atoms with E-state index in [2.05, 4.69) is 17.3 Å². The Balaban J connectivity index is 2.43. The van der Waals surface area contributed by atoms with Gasteiger partial charge in [0.2, 0.25) is 0 Å². The molecule has 0 atom stereocenters. The van der Waals surface area contributed by atoms with Crippen molar-refractivity contribution in [1.82, 2.24) is 9.78 Å². The van der Waals surface area contributed by atoms with Crippen molar-refractivity contribution in [3.8, 4) is 5.69 Å². The van der Waals surface area contributed by atoms with Crippen LogP contribution in [0.5, 0.6) is 0 Å². The first-order chi connectivity index (χ1) is 8.79. The number of hydrogen-bond donors (Lipinski definition) is 1. The van der Waals surface area contributed by atoms with Gasteiger partial charge in [-0.2, -0.15) is 18.3 Å². The smallest absolute Gasteiger partial charge is 0.389 e. The molecule has 100 valence electrons. The molecular formula is C11H7F4N3S. The van der Waals surface area contributed by atoms with Gasteiger partial charge in [0.05, 0.1) is 0 Å². The van der Waals surface area contributed by atoms with Gasteiger partial charge in [0, 0.05) is 11.8 Å². The molecule has 1 aromatic carbocycles. The summed E-state index contributed by atoms with van der Waals surface area (Å²) in [6.07, 6.45) is -3.54. The Morgan fingerprint density at radius 2 is 1.95 bits per heavy atom. The van der Waals surface area contributed by atoms with Gasteiger partial charge in [-0.05, 0) is 24.3 Å². The van der Waals surface area contributed by atoms with Crippen LogP contribution in [0.4, 0.5) is 17.6 Å². The third kappa shape index (κ3) is 2.73. The van der Waals surface area contributed by atoms with Crippen molar-refractivity contribution in [1.29, 1.82) is 0 Å². The van der Waals surface area contributed by atoms with Crippen molar-refractivity contribution < 1.29 is 17.6 Å². The number of benzene rings is 1. The molecule has 2 N–H and O–H groups in total. The fraction of sp³-hybridized carbons (Fsp3) is 0.0909. The minimum absolute atomic E-state index is 0.00176. The Kier molecular flexibility index (Phi) is 3.27. The average Bonchev–Trinajstić information content (AvgIpc) is 2.77. The largest absolute Gasteiger partial charge is 0.435 e. The van der Waals surface area contributed by atoms with Crippen LogP contribution in [0.2, 0.25) is 0 Å². The zero-order chi connectivity index (χ0) is 14.2. The molecule has 8 heteroatoms. The van der Waals surface area contributed by atoms with Crippen LogP contribution in [0, 0.1) is 5.82 Å². The Bertz CT molecular complexity index is 633. The van der Waals surface area contributed by atoms with E-state index in [1.54, 1.807) is 0 Å². The molecule has 0 saturated carbocycles. The molecule has 2 aromatic rings. The number of aromatic nitrogens is 2. The number of halogens is 4. The highest BCUT2D eigenvalue weighted by molar-refractivity contribution is 7.80. The molecule has 0 aliphatic carbocycles. The lowest BCUT2D eigenvalue weighted by Crippen LogP contribution is -2.11. The highest BCUT2D eigenvalue weighted by Gasteiger charge is 2.33. The van der Waals surface area contributed by atoms with Gasteiger partial charge in [-0.15, -0.1) is 0 Å². The summed E-state index contributed by atoms with van der Waals surface area (Å²) in [5.41, 5.74) is 4.41. The topological polar surface area (TPSA) is 43.8 Å². The molecule has 1 aromatic heterocycles. The van der Waals surface area contributed by atoms with Gasteiger partial charge in [0.1, 0.15) is 16.5 Å².